The number of hydrogen-bond acceptors (Lipinski definition) is 7. The van der Waals surface area contributed by atoms with Crippen LogP contribution >= 0.6 is 23.2 Å². The van der Waals surface area contributed by atoms with E-state index >= 15 is 0 Å². The van der Waals surface area contributed by atoms with E-state index in [2.05, 4.69) is 10.5 Å². The molecule has 0 aliphatic rings. The van der Waals surface area contributed by atoms with Crippen LogP contribution in [-0.4, -0.2) is 29.6 Å². The molecule has 0 saturated heterocycles. The van der Waals surface area contributed by atoms with Gasteiger partial charge in [-0.05, 0) is 55.0 Å². The fraction of sp³-hybridized carbons (Fsp3) is 0.0870. The van der Waals surface area contributed by atoms with Crippen LogP contribution in [0.2, 0.25) is 10.0 Å². The lowest BCUT2D eigenvalue weighted by Gasteiger charge is -2.12. The highest BCUT2D eigenvalue weighted by atomic mass is 35.5. The second-order valence-electron chi connectivity index (χ2n) is 6.66. The first-order valence-corrected chi connectivity index (χ1v) is 10.6. The van der Waals surface area contributed by atoms with E-state index in [1.165, 1.54) is 48.7 Å². The van der Waals surface area contributed by atoms with Crippen LogP contribution in [0.4, 0.5) is 5.69 Å². The van der Waals surface area contributed by atoms with Crippen LogP contribution in [0.3, 0.4) is 0 Å². The highest BCUT2D eigenvalue weighted by Gasteiger charge is 2.16. The summed E-state index contributed by atoms with van der Waals surface area (Å²) in [5.41, 5.74) is 2.86. The van der Waals surface area contributed by atoms with Crippen molar-refractivity contribution in [2.45, 2.75) is 6.92 Å². The summed E-state index contributed by atoms with van der Waals surface area (Å²) in [6.07, 6.45) is 1.35. The number of carbonyl (C=O) groups is 2. The van der Waals surface area contributed by atoms with E-state index in [4.69, 9.17) is 32.7 Å². The normalized spacial score (nSPS) is 10.7. The molecule has 0 aliphatic carbocycles. The van der Waals surface area contributed by atoms with Crippen molar-refractivity contribution in [3.63, 3.8) is 0 Å². The topological polar surface area (TPSA) is 120 Å². The van der Waals surface area contributed by atoms with E-state index in [1.54, 1.807) is 19.1 Å². The standard InChI is InChI=1S/C23H17Cl2N3O6/c1-2-33-21-10-14(13-26-27-22(29)15-4-3-5-17(11-15)28(31)32)6-9-20(21)34-23(30)18-8-7-16(24)12-19(18)25/h3-13H,2H2,1H3,(H,27,29)/b26-13+. The summed E-state index contributed by atoms with van der Waals surface area (Å²) in [5, 5.41) is 15.3. The first-order valence-electron chi connectivity index (χ1n) is 9.80. The molecular formula is C23H17Cl2N3O6. The van der Waals surface area contributed by atoms with Gasteiger partial charge in [-0.1, -0.05) is 29.3 Å². The van der Waals surface area contributed by atoms with Gasteiger partial charge < -0.3 is 9.47 Å². The average Bonchev–Trinajstić information content (AvgIpc) is 2.80. The van der Waals surface area contributed by atoms with E-state index in [-0.39, 0.29) is 33.3 Å². The number of non-ortho nitro benzene ring substituents is 1. The summed E-state index contributed by atoms with van der Waals surface area (Å²) >= 11 is 11.9. The number of halogens is 2. The Morgan fingerprint density at radius 2 is 1.88 bits per heavy atom. The van der Waals surface area contributed by atoms with Gasteiger partial charge in [0, 0.05) is 22.7 Å². The number of esters is 1. The molecule has 0 radical (unpaired) electrons. The molecule has 1 N–H and O–H groups in total. The molecule has 3 aromatic rings. The SMILES string of the molecule is CCOc1cc(/C=N/NC(=O)c2cccc([N+](=O)[O-])c2)ccc1OC(=O)c1ccc(Cl)cc1Cl. The average molecular weight is 502 g/mol. The summed E-state index contributed by atoms with van der Waals surface area (Å²) in [5.74, 6) is -0.867. The summed E-state index contributed by atoms with van der Waals surface area (Å²) < 4.78 is 11.0. The zero-order chi connectivity index (χ0) is 24.7. The minimum Gasteiger partial charge on any atom is -0.490 e. The Labute approximate surface area is 204 Å². The van der Waals surface area contributed by atoms with Crippen LogP contribution in [0.5, 0.6) is 11.5 Å². The number of amides is 1. The second kappa shape index (κ2) is 11.3. The Kier molecular flexibility index (Phi) is 8.18. The third kappa shape index (κ3) is 6.31. The highest BCUT2D eigenvalue weighted by molar-refractivity contribution is 6.36. The van der Waals surface area contributed by atoms with Gasteiger partial charge in [0.15, 0.2) is 11.5 Å². The Balaban J connectivity index is 1.72. The summed E-state index contributed by atoms with van der Waals surface area (Å²) in [6.45, 7) is 2.07. The van der Waals surface area contributed by atoms with Gasteiger partial charge in [0.1, 0.15) is 0 Å². The molecule has 0 bridgehead atoms. The van der Waals surface area contributed by atoms with Crippen molar-refractivity contribution >= 4 is 47.0 Å². The van der Waals surface area contributed by atoms with Gasteiger partial charge in [-0.25, -0.2) is 10.2 Å². The van der Waals surface area contributed by atoms with Crippen molar-refractivity contribution in [3.05, 3.63) is 97.5 Å². The van der Waals surface area contributed by atoms with Gasteiger partial charge in [-0.15, -0.1) is 0 Å². The fourth-order valence-corrected chi connectivity index (χ4v) is 3.24. The molecule has 0 saturated carbocycles. The molecule has 1 amide bonds. The number of rotatable bonds is 8. The molecule has 34 heavy (non-hydrogen) atoms. The Hall–Kier alpha value is -3.95. The van der Waals surface area contributed by atoms with E-state index in [0.717, 1.165) is 6.07 Å². The van der Waals surface area contributed by atoms with E-state index in [0.29, 0.717) is 17.2 Å². The van der Waals surface area contributed by atoms with Crippen molar-refractivity contribution in [2.24, 2.45) is 5.10 Å². The summed E-state index contributed by atoms with van der Waals surface area (Å²) in [6, 6.07) is 14.4. The van der Waals surface area contributed by atoms with Crippen LogP contribution in [0.1, 0.15) is 33.2 Å². The van der Waals surface area contributed by atoms with Crippen LogP contribution in [-0.2, 0) is 0 Å². The minimum atomic E-state index is -0.687. The van der Waals surface area contributed by atoms with Gasteiger partial charge in [0.05, 0.1) is 28.3 Å². The minimum absolute atomic E-state index is 0.0875. The van der Waals surface area contributed by atoms with Crippen LogP contribution in [0.25, 0.3) is 0 Å². The largest absolute Gasteiger partial charge is 0.490 e. The van der Waals surface area contributed by atoms with Crippen molar-refractivity contribution in [1.82, 2.24) is 5.43 Å². The summed E-state index contributed by atoms with van der Waals surface area (Å²) in [7, 11) is 0. The lowest BCUT2D eigenvalue weighted by Crippen LogP contribution is -2.17. The Bertz CT molecular complexity index is 1280. The van der Waals surface area contributed by atoms with Gasteiger partial charge in [-0.3, -0.25) is 14.9 Å². The van der Waals surface area contributed by atoms with Crippen molar-refractivity contribution < 1.29 is 24.0 Å². The number of hydrogen-bond donors (Lipinski definition) is 1. The van der Waals surface area contributed by atoms with Crippen molar-refractivity contribution in [3.8, 4) is 11.5 Å². The molecule has 3 aromatic carbocycles. The van der Waals surface area contributed by atoms with Crippen LogP contribution < -0.4 is 14.9 Å². The molecule has 0 unspecified atom stereocenters. The zero-order valence-corrected chi connectivity index (χ0v) is 19.2. The van der Waals surface area contributed by atoms with E-state index in [1.807, 2.05) is 0 Å². The smallest absolute Gasteiger partial charge is 0.345 e. The third-order valence-corrected chi connectivity index (χ3v) is 4.87. The lowest BCUT2D eigenvalue weighted by atomic mass is 10.2. The molecule has 11 heteroatoms. The first kappa shape index (κ1) is 24.7. The third-order valence-electron chi connectivity index (χ3n) is 4.32. The second-order valence-corrected chi connectivity index (χ2v) is 7.50. The number of benzene rings is 3. The molecule has 3 rings (SSSR count). The predicted molar refractivity (Wildman–Crippen MR) is 127 cm³/mol. The van der Waals surface area contributed by atoms with Gasteiger partial charge in [0.25, 0.3) is 11.6 Å². The molecule has 0 atom stereocenters. The number of hydrazone groups is 1. The molecule has 0 fully saturated rings. The van der Waals surface area contributed by atoms with Crippen molar-refractivity contribution in [2.75, 3.05) is 6.61 Å². The number of nitro groups is 1. The lowest BCUT2D eigenvalue weighted by molar-refractivity contribution is -0.384. The van der Waals surface area contributed by atoms with Crippen molar-refractivity contribution in [1.29, 1.82) is 0 Å². The maximum atomic E-state index is 12.5. The number of nitro benzene ring substituents is 1. The molecule has 0 aliphatic heterocycles. The van der Waals surface area contributed by atoms with E-state index in [9.17, 15) is 19.7 Å². The maximum absolute atomic E-state index is 12.5. The first-order chi connectivity index (χ1) is 16.3. The van der Waals surface area contributed by atoms with Gasteiger partial charge >= 0.3 is 5.97 Å². The molecule has 0 aromatic heterocycles. The Morgan fingerprint density at radius 1 is 1.09 bits per heavy atom. The molecule has 9 nitrogen and oxygen atoms in total. The van der Waals surface area contributed by atoms with Gasteiger partial charge in [-0.2, -0.15) is 5.10 Å². The van der Waals surface area contributed by atoms with Crippen LogP contribution in [0.15, 0.2) is 65.8 Å². The summed E-state index contributed by atoms with van der Waals surface area (Å²) in [4.78, 5) is 35.0. The number of nitrogens with one attached hydrogen (secondary N) is 1. The fourth-order valence-electron chi connectivity index (χ4n) is 2.76. The molecule has 174 valence electrons. The van der Waals surface area contributed by atoms with Gasteiger partial charge in [0.2, 0.25) is 0 Å². The zero-order valence-electron chi connectivity index (χ0n) is 17.7. The number of carbonyl (C=O) groups excluding carboxylic acids is 2. The molecule has 0 spiro atoms. The van der Waals surface area contributed by atoms with E-state index < -0.39 is 16.8 Å². The Morgan fingerprint density at radius 3 is 2.59 bits per heavy atom. The molecular weight excluding hydrogens is 485 g/mol. The maximum Gasteiger partial charge on any atom is 0.345 e. The number of nitrogens with zero attached hydrogens (tertiary/aromatic N) is 2. The highest BCUT2D eigenvalue weighted by Crippen LogP contribution is 2.30. The quantitative estimate of drug-likeness (QED) is 0.147. The number of ether oxygens (including phenoxy) is 2. The monoisotopic (exact) mass is 501 g/mol. The van der Waals surface area contributed by atoms with Crippen LogP contribution in [0, 0.1) is 10.1 Å². The molecule has 0 heterocycles. The predicted octanol–water partition coefficient (Wildman–Crippen LogP) is 5.28.